The number of nitrogens with zero attached hydrogens (tertiary/aromatic N) is 2. The zero-order valence-corrected chi connectivity index (χ0v) is 12.0. The van der Waals surface area contributed by atoms with Crippen LogP contribution in [-0.4, -0.2) is 18.5 Å². The number of anilines is 1. The zero-order chi connectivity index (χ0) is 12.6. The maximum atomic E-state index is 11.8. The van der Waals surface area contributed by atoms with Crippen molar-refractivity contribution in [2.75, 3.05) is 11.4 Å². The molecule has 0 radical (unpaired) electrons. The minimum absolute atomic E-state index is 0.0444. The first-order chi connectivity index (χ1) is 8.02. The van der Waals surface area contributed by atoms with Crippen molar-refractivity contribution in [3.8, 4) is 6.07 Å². The lowest BCUT2D eigenvalue weighted by Gasteiger charge is -2.19. The summed E-state index contributed by atoms with van der Waals surface area (Å²) in [6.45, 7) is 0.452. The molecule has 0 bridgehead atoms. The van der Waals surface area contributed by atoms with E-state index in [0.29, 0.717) is 28.7 Å². The van der Waals surface area contributed by atoms with E-state index in [4.69, 9.17) is 11.0 Å². The van der Waals surface area contributed by atoms with Gasteiger partial charge in [0.15, 0.2) is 0 Å². The van der Waals surface area contributed by atoms with Crippen LogP contribution in [0.25, 0.3) is 0 Å². The molecule has 4 nitrogen and oxygen atoms in total. The molecular formula is C11H9Br2N3O. The Hall–Kier alpha value is -0.900. The van der Waals surface area contributed by atoms with Gasteiger partial charge in [0.05, 0.1) is 11.3 Å². The van der Waals surface area contributed by atoms with E-state index < -0.39 is 0 Å². The summed E-state index contributed by atoms with van der Waals surface area (Å²) in [5, 5.41) is 9.12. The van der Waals surface area contributed by atoms with E-state index in [1.165, 1.54) is 0 Å². The number of carbonyl (C=O) groups excluding carboxylic acids is 1. The Morgan fingerprint density at radius 2 is 2.18 bits per heavy atom. The van der Waals surface area contributed by atoms with Crippen molar-refractivity contribution in [2.24, 2.45) is 5.73 Å². The lowest BCUT2D eigenvalue weighted by atomic mass is 10.2. The van der Waals surface area contributed by atoms with Gasteiger partial charge in [-0.25, -0.2) is 0 Å². The van der Waals surface area contributed by atoms with E-state index in [2.05, 4.69) is 37.9 Å². The van der Waals surface area contributed by atoms with Gasteiger partial charge in [-0.2, -0.15) is 5.26 Å². The maximum absolute atomic E-state index is 11.8. The Morgan fingerprint density at radius 1 is 1.47 bits per heavy atom. The summed E-state index contributed by atoms with van der Waals surface area (Å²) in [5.74, 6) is -0.0444. The molecule has 1 fully saturated rings. The van der Waals surface area contributed by atoms with Crippen molar-refractivity contribution in [1.82, 2.24) is 0 Å². The van der Waals surface area contributed by atoms with Gasteiger partial charge in [0.1, 0.15) is 6.07 Å². The first kappa shape index (κ1) is 12.6. The maximum Gasteiger partial charge on any atom is 0.228 e. The summed E-state index contributed by atoms with van der Waals surface area (Å²) in [4.78, 5) is 13.4. The molecule has 1 aromatic rings. The molecule has 2 N–H and O–H groups in total. The normalized spacial score (nSPS) is 19.5. The lowest BCUT2D eigenvalue weighted by Crippen LogP contribution is -2.28. The minimum atomic E-state index is -0.162. The molecule has 0 aliphatic carbocycles. The molecule has 17 heavy (non-hydrogen) atoms. The number of carbonyl (C=O) groups is 1. The Bertz CT molecular complexity index is 524. The average Bonchev–Trinajstić information content (AvgIpc) is 2.56. The molecule has 1 amide bonds. The minimum Gasteiger partial charge on any atom is -0.326 e. The third-order valence-electron chi connectivity index (χ3n) is 2.57. The third-order valence-corrected chi connectivity index (χ3v) is 3.64. The van der Waals surface area contributed by atoms with Gasteiger partial charge in [-0.3, -0.25) is 4.79 Å². The van der Waals surface area contributed by atoms with E-state index in [9.17, 15) is 4.79 Å². The van der Waals surface area contributed by atoms with E-state index >= 15 is 0 Å². The van der Waals surface area contributed by atoms with Crippen LogP contribution in [-0.2, 0) is 4.79 Å². The van der Waals surface area contributed by atoms with Crippen molar-refractivity contribution in [3.05, 3.63) is 26.6 Å². The van der Waals surface area contributed by atoms with Gasteiger partial charge in [0, 0.05) is 28.0 Å². The van der Waals surface area contributed by atoms with Gasteiger partial charge in [0.2, 0.25) is 5.91 Å². The van der Waals surface area contributed by atoms with Crippen LogP contribution in [0.3, 0.4) is 0 Å². The Balaban J connectivity index is 2.52. The second kappa shape index (κ2) is 4.77. The van der Waals surface area contributed by atoms with Crippen molar-refractivity contribution in [3.63, 3.8) is 0 Å². The van der Waals surface area contributed by atoms with Gasteiger partial charge in [-0.15, -0.1) is 0 Å². The number of nitrogens with two attached hydrogens (primary N) is 1. The average molecular weight is 359 g/mol. The second-order valence-corrected chi connectivity index (χ2v) is 5.63. The lowest BCUT2D eigenvalue weighted by molar-refractivity contribution is -0.117. The van der Waals surface area contributed by atoms with Gasteiger partial charge >= 0.3 is 0 Å². The summed E-state index contributed by atoms with van der Waals surface area (Å²) in [7, 11) is 0. The summed E-state index contributed by atoms with van der Waals surface area (Å²) >= 11 is 6.69. The van der Waals surface area contributed by atoms with Crippen LogP contribution in [0.4, 0.5) is 5.69 Å². The Labute approximate surface area is 116 Å². The Kier molecular flexibility index (Phi) is 3.52. The summed E-state index contributed by atoms with van der Waals surface area (Å²) in [5.41, 5.74) is 6.81. The molecule has 1 atom stereocenters. The molecule has 0 aromatic heterocycles. The van der Waals surface area contributed by atoms with Crippen LogP contribution in [0.5, 0.6) is 0 Å². The molecule has 1 unspecified atom stereocenters. The molecular weight excluding hydrogens is 350 g/mol. The largest absolute Gasteiger partial charge is 0.326 e. The Morgan fingerprint density at radius 3 is 2.71 bits per heavy atom. The van der Waals surface area contributed by atoms with E-state index in [-0.39, 0.29) is 11.9 Å². The fourth-order valence-electron chi connectivity index (χ4n) is 1.88. The number of amides is 1. The molecule has 88 valence electrons. The third kappa shape index (κ3) is 2.37. The topological polar surface area (TPSA) is 70.1 Å². The van der Waals surface area contributed by atoms with Crippen molar-refractivity contribution >= 4 is 43.5 Å². The van der Waals surface area contributed by atoms with Gasteiger partial charge in [-0.1, -0.05) is 15.9 Å². The predicted octanol–water partition coefficient (Wildman–Crippen LogP) is 2.15. The molecule has 0 spiro atoms. The number of nitriles is 1. The quantitative estimate of drug-likeness (QED) is 0.836. The molecule has 1 aliphatic heterocycles. The molecule has 1 aromatic carbocycles. The highest BCUT2D eigenvalue weighted by Crippen LogP contribution is 2.35. The number of hydrogen-bond acceptors (Lipinski definition) is 3. The SMILES string of the molecule is N#Cc1cc(Br)cc(Br)c1N1CC(N)CC1=O. The summed E-state index contributed by atoms with van der Waals surface area (Å²) in [6.07, 6.45) is 0.327. The molecule has 0 saturated carbocycles. The molecule has 1 aliphatic rings. The van der Waals surface area contributed by atoms with Crippen LogP contribution in [0.15, 0.2) is 21.1 Å². The molecule has 6 heteroatoms. The molecule has 1 saturated heterocycles. The van der Waals surface area contributed by atoms with Gasteiger partial charge in [-0.05, 0) is 28.1 Å². The van der Waals surface area contributed by atoms with Gasteiger partial charge in [0.25, 0.3) is 0 Å². The number of rotatable bonds is 1. The smallest absolute Gasteiger partial charge is 0.228 e. The monoisotopic (exact) mass is 357 g/mol. The summed E-state index contributed by atoms with van der Waals surface area (Å²) in [6, 6.07) is 5.44. The zero-order valence-electron chi connectivity index (χ0n) is 8.78. The van der Waals surface area contributed by atoms with Crippen LogP contribution >= 0.6 is 31.9 Å². The fourth-order valence-corrected chi connectivity index (χ4v) is 3.32. The standard InChI is InChI=1S/C11H9Br2N3O/c12-7-1-6(4-14)11(9(13)2-7)16-5-8(15)3-10(16)17/h1-2,8H,3,5,15H2. The molecule has 1 heterocycles. The van der Waals surface area contributed by atoms with Gasteiger partial charge < -0.3 is 10.6 Å². The van der Waals surface area contributed by atoms with E-state index in [0.717, 1.165) is 4.47 Å². The fraction of sp³-hybridized carbons (Fsp3) is 0.273. The second-order valence-electron chi connectivity index (χ2n) is 3.86. The van der Waals surface area contributed by atoms with Crippen LogP contribution in [0.2, 0.25) is 0 Å². The van der Waals surface area contributed by atoms with Crippen molar-refractivity contribution < 1.29 is 4.79 Å². The first-order valence-corrected chi connectivity index (χ1v) is 6.56. The van der Waals surface area contributed by atoms with E-state index in [1.807, 2.05) is 6.07 Å². The summed E-state index contributed by atoms with van der Waals surface area (Å²) < 4.78 is 1.51. The number of hydrogen-bond donors (Lipinski definition) is 1. The van der Waals surface area contributed by atoms with Crippen molar-refractivity contribution in [1.29, 1.82) is 5.26 Å². The highest BCUT2D eigenvalue weighted by atomic mass is 79.9. The van der Waals surface area contributed by atoms with Crippen LogP contribution < -0.4 is 10.6 Å². The van der Waals surface area contributed by atoms with Crippen molar-refractivity contribution in [2.45, 2.75) is 12.5 Å². The predicted molar refractivity (Wildman–Crippen MR) is 71.5 cm³/mol. The highest BCUT2D eigenvalue weighted by Gasteiger charge is 2.31. The van der Waals surface area contributed by atoms with E-state index in [1.54, 1.807) is 11.0 Å². The number of halogens is 2. The first-order valence-electron chi connectivity index (χ1n) is 4.98. The number of benzene rings is 1. The van der Waals surface area contributed by atoms with Crippen LogP contribution in [0.1, 0.15) is 12.0 Å². The molecule has 2 rings (SSSR count). The highest BCUT2D eigenvalue weighted by molar-refractivity contribution is 9.11. The van der Waals surface area contributed by atoms with Crippen LogP contribution in [0, 0.1) is 11.3 Å².